The summed E-state index contributed by atoms with van der Waals surface area (Å²) in [5.41, 5.74) is 0. The maximum absolute atomic E-state index is 11.9. The van der Waals surface area contributed by atoms with Crippen LogP contribution in [0.2, 0.25) is 0 Å². The number of fused-ring (bicyclic) bond motifs is 1. The third kappa shape index (κ3) is 6.71. The van der Waals surface area contributed by atoms with Crippen molar-refractivity contribution in [2.24, 2.45) is 0 Å². The summed E-state index contributed by atoms with van der Waals surface area (Å²) in [7, 11) is 0. The van der Waals surface area contributed by atoms with Gasteiger partial charge in [0.1, 0.15) is 5.75 Å². The highest BCUT2D eigenvalue weighted by Gasteiger charge is 2.06. The highest BCUT2D eigenvalue weighted by atomic mass is 16.5. The van der Waals surface area contributed by atoms with Crippen LogP contribution in [0.4, 0.5) is 0 Å². The van der Waals surface area contributed by atoms with E-state index in [4.69, 9.17) is 9.47 Å². The summed E-state index contributed by atoms with van der Waals surface area (Å²) in [5, 5.41) is 1.84. The summed E-state index contributed by atoms with van der Waals surface area (Å²) in [6.07, 6.45) is 8.98. The highest BCUT2D eigenvalue weighted by Crippen LogP contribution is 2.25. The van der Waals surface area contributed by atoms with Crippen molar-refractivity contribution in [3.8, 4) is 5.75 Å². The van der Waals surface area contributed by atoms with Gasteiger partial charge >= 0.3 is 11.9 Å². The van der Waals surface area contributed by atoms with Crippen LogP contribution in [-0.2, 0) is 14.3 Å². The molecule has 0 aliphatic rings. The van der Waals surface area contributed by atoms with E-state index in [9.17, 15) is 9.59 Å². The first-order chi connectivity index (χ1) is 12.7. The average molecular weight is 354 g/mol. The number of esters is 2. The van der Waals surface area contributed by atoms with E-state index in [2.05, 4.69) is 6.92 Å². The summed E-state index contributed by atoms with van der Waals surface area (Å²) in [4.78, 5) is 23.6. The number of hydrogen-bond donors (Lipinski definition) is 0. The Labute approximate surface area is 154 Å². The van der Waals surface area contributed by atoms with Crippen LogP contribution in [0, 0.1) is 0 Å². The summed E-state index contributed by atoms with van der Waals surface area (Å²) in [5.74, 6) is -0.649. The van der Waals surface area contributed by atoms with Gasteiger partial charge in [0, 0.05) is 17.5 Å². The van der Waals surface area contributed by atoms with Crippen molar-refractivity contribution in [2.45, 2.75) is 45.4 Å². The number of hydrogen-bond acceptors (Lipinski definition) is 4. The lowest BCUT2D eigenvalue weighted by molar-refractivity contribution is -0.138. The van der Waals surface area contributed by atoms with Gasteiger partial charge in [-0.25, -0.2) is 9.59 Å². The first kappa shape index (κ1) is 19.7. The van der Waals surface area contributed by atoms with Gasteiger partial charge in [-0.1, -0.05) is 75.4 Å². The van der Waals surface area contributed by atoms with Crippen molar-refractivity contribution < 1.29 is 19.1 Å². The zero-order chi connectivity index (χ0) is 18.6. The standard InChI is InChI=1S/C22H26O4/c1-2-3-4-5-6-9-17-25-21(23)15-16-22(24)26-20-14-10-12-18-11-7-8-13-19(18)20/h7-8,10-16H,2-6,9,17H2,1H3/b16-15+. The molecular formula is C22H26O4. The Morgan fingerprint density at radius 2 is 1.54 bits per heavy atom. The predicted molar refractivity (Wildman–Crippen MR) is 103 cm³/mol. The lowest BCUT2D eigenvalue weighted by Gasteiger charge is -2.05. The Morgan fingerprint density at radius 1 is 0.846 bits per heavy atom. The van der Waals surface area contributed by atoms with Crippen molar-refractivity contribution >= 4 is 22.7 Å². The Bertz CT molecular complexity index is 743. The second-order valence-electron chi connectivity index (χ2n) is 6.17. The van der Waals surface area contributed by atoms with Gasteiger partial charge in [-0.2, -0.15) is 0 Å². The maximum atomic E-state index is 11.9. The van der Waals surface area contributed by atoms with Gasteiger partial charge in [0.25, 0.3) is 0 Å². The van der Waals surface area contributed by atoms with Crippen molar-refractivity contribution in [3.63, 3.8) is 0 Å². The molecule has 0 heterocycles. The molecule has 2 rings (SSSR count). The molecule has 4 heteroatoms. The molecule has 0 N–H and O–H groups in total. The smallest absolute Gasteiger partial charge is 0.336 e. The molecule has 4 nitrogen and oxygen atoms in total. The SMILES string of the molecule is CCCCCCCCOC(=O)/C=C/C(=O)Oc1cccc2ccccc12. The quantitative estimate of drug-likeness (QED) is 0.254. The first-order valence-electron chi connectivity index (χ1n) is 9.25. The van der Waals surface area contributed by atoms with Crippen molar-refractivity contribution in [1.29, 1.82) is 0 Å². The van der Waals surface area contributed by atoms with Gasteiger partial charge < -0.3 is 9.47 Å². The Balaban J connectivity index is 1.74. The molecule has 0 aromatic heterocycles. The molecule has 0 unspecified atom stereocenters. The summed E-state index contributed by atoms with van der Waals surface area (Å²) < 4.78 is 10.4. The van der Waals surface area contributed by atoms with Crippen molar-refractivity contribution in [3.05, 3.63) is 54.6 Å². The average Bonchev–Trinajstić information content (AvgIpc) is 2.66. The molecule has 0 saturated carbocycles. The van der Waals surface area contributed by atoms with Crippen molar-refractivity contribution in [2.75, 3.05) is 6.61 Å². The molecule has 2 aromatic carbocycles. The minimum absolute atomic E-state index is 0.383. The molecule has 0 radical (unpaired) electrons. The van der Waals surface area contributed by atoms with Gasteiger partial charge in [-0.3, -0.25) is 0 Å². The molecule has 0 bridgehead atoms. The van der Waals surface area contributed by atoms with E-state index in [-0.39, 0.29) is 0 Å². The minimum atomic E-state index is -0.599. The van der Waals surface area contributed by atoms with Crippen LogP contribution in [0.15, 0.2) is 54.6 Å². The zero-order valence-electron chi connectivity index (χ0n) is 15.3. The minimum Gasteiger partial charge on any atom is -0.463 e. The second kappa shape index (κ2) is 11.1. The third-order valence-corrected chi connectivity index (χ3v) is 4.06. The monoisotopic (exact) mass is 354 g/mol. The van der Waals surface area contributed by atoms with Gasteiger partial charge in [-0.15, -0.1) is 0 Å². The highest BCUT2D eigenvalue weighted by molar-refractivity contribution is 5.95. The second-order valence-corrected chi connectivity index (χ2v) is 6.17. The van der Waals surface area contributed by atoms with Gasteiger partial charge in [0.2, 0.25) is 0 Å². The molecule has 0 aliphatic carbocycles. The van der Waals surface area contributed by atoms with Crippen LogP contribution < -0.4 is 4.74 Å². The fourth-order valence-corrected chi connectivity index (χ4v) is 2.67. The van der Waals surface area contributed by atoms with E-state index in [1.807, 2.05) is 36.4 Å². The Morgan fingerprint density at radius 3 is 2.38 bits per heavy atom. The van der Waals surface area contributed by atoms with Crippen LogP contribution in [-0.4, -0.2) is 18.5 Å². The van der Waals surface area contributed by atoms with Crippen LogP contribution in [0.3, 0.4) is 0 Å². The molecule has 0 fully saturated rings. The molecular weight excluding hydrogens is 328 g/mol. The number of benzene rings is 2. The number of unbranched alkanes of at least 4 members (excludes halogenated alkanes) is 5. The molecule has 2 aromatic rings. The summed E-state index contributed by atoms with van der Waals surface area (Å²) >= 11 is 0. The fourth-order valence-electron chi connectivity index (χ4n) is 2.67. The van der Waals surface area contributed by atoms with Crippen LogP contribution >= 0.6 is 0 Å². The summed E-state index contributed by atoms with van der Waals surface area (Å²) in [6, 6.07) is 13.1. The molecule has 0 aliphatic heterocycles. The number of ether oxygens (including phenoxy) is 2. The van der Waals surface area contributed by atoms with Crippen molar-refractivity contribution in [1.82, 2.24) is 0 Å². The van der Waals surface area contributed by atoms with Crippen LogP contribution in [0.5, 0.6) is 5.75 Å². The lowest BCUT2D eigenvalue weighted by atomic mass is 10.1. The van der Waals surface area contributed by atoms with Crippen LogP contribution in [0.25, 0.3) is 10.8 Å². The topological polar surface area (TPSA) is 52.6 Å². The van der Waals surface area contributed by atoms with Gasteiger partial charge in [0.05, 0.1) is 6.61 Å². The van der Waals surface area contributed by atoms with E-state index >= 15 is 0 Å². The predicted octanol–water partition coefficient (Wildman–Crippen LogP) is 5.21. The number of rotatable bonds is 10. The van der Waals surface area contributed by atoms with E-state index in [1.165, 1.54) is 25.7 Å². The largest absolute Gasteiger partial charge is 0.463 e. The first-order valence-corrected chi connectivity index (χ1v) is 9.25. The van der Waals surface area contributed by atoms with E-state index in [0.29, 0.717) is 12.4 Å². The van der Waals surface area contributed by atoms with Gasteiger partial charge in [-0.05, 0) is 17.9 Å². The number of carbonyl (C=O) groups is 2. The number of carbonyl (C=O) groups excluding carboxylic acids is 2. The fraction of sp³-hybridized carbons (Fsp3) is 0.364. The molecule has 0 saturated heterocycles. The molecule has 0 spiro atoms. The van der Waals surface area contributed by atoms with E-state index < -0.39 is 11.9 Å². The normalized spacial score (nSPS) is 11.0. The Hall–Kier alpha value is -2.62. The zero-order valence-corrected chi connectivity index (χ0v) is 15.3. The van der Waals surface area contributed by atoms with Gasteiger partial charge in [0.15, 0.2) is 0 Å². The maximum Gasteiger partial charge on any atom is 0.336 e. The third-order valence-electron chi connectivity index (χ3n) is 4.06. The molecule has 26 heavy (non-hydrogen) atoms. The molecule has 138 valence electrons. The lowest BCUT2D eigenvalue weighted by Crippen LogP contribution is -2.07. The summed E-state index contributed by atoms with van der Waals surface area (Å²) in [6.45, 7) is 2.56. The van der Waals surface area contributed by atoms with E-state index in [1.54, 1.807) is 6.07 Å². The molecule has 0 amide bonds. The Kier molecular flexibility index (Phi) is 8.40. The van der Waals surface area contributed by atoms with Crippen LogP contribution in [0.1, 0.15) is 45.4 Å². The molecule has 0 atom stereocenters. The van der Waals surface area contributed by atoms with E-state index in [0.717, 1.165) is 35.8 Å².